The second kappa shape index (κ2) is 7.43. The molecule has 0 bridgehead atoms. The molecule has 2 nitrogen and oxygen atoms in total. The molecule has 0 aromatic heterocycles. The highest BCUT2D eigenvalue weighted by molar-refractivity contribution is 6.30. The first kappa shape index (κ1) is 12.2. The van der Waals surface area contributed by atoms with Gasteiger partial charge in [-0.2, -0.15) is 0 Å². The number of halogens is 1. The first-order valence-electron chi connectivity index (χ1n) is 5.19. The molecule has 1 aromatic carbocycles. The summed E-state index contributed by atoms with van der Waals surface area (Å²) in [7, 11) is 0. The highest BCUT2D eigenvalue weighted by Gasteiger charge is 2.09. The molecular weight excluding hydrogens is 210 g/mol. The molecule has 0 aliphatic carbocycles. The van der Waals surface area contributed by atoms with Crippen molar-refractivity contribution in [2.45, 2.75) is 12.8 Å². The monoisotopic (exact) mass is 225 g/mol. The van der Waals surface area contributed by atoms with Gasteiger partial charge in [-0.15, -0.1) is 0 Å². The summed E-state index contributed by atoms with van der Waals surface area (Å²) in [6.07, 6.45) is 3.13. The minimum absolute atomic E-state index is 0.344. The zero-order valence-electron chi connectivity index (χ0n) is 8.66. The van der Waals surface area contributed by atoms with E-state index in [1.807, 2.05) is 30.3 Å². The second-order valence-electron chi connectivity index (χ2n) is 3.52. The van der Waals surface area contributed by atoms with Gasteiger partial charge in [0, 0.05) is 10.9 Å². The number of nitrogens with one attached hydrogen (secondary N) is 1. The van der Waals surface area contributed by atoms with Gasteiger partial charge in [0.1, 0.15) is 6.29 Å². The van der Waals surface area contributed by atoms with E-state index in [0.717, 1.165) is 37.2 Å². The van der Waals surface area contributed by atoms with Crippen LogP contribution in [0.25, 0.3) is 0 Å². The third kappa shape index (κ3) is 5.55. The maximum absolute atomic E-state index is 10.1. The van der Waals surface area contributed by atoms with Gasteiger partial charge in [0.25, 0.3) is 0 Å². The summed E-state index contributed by atoms with van der Waals surface area (Å²) in [6.45, 7) is 2.03. The topological polar surface area (TPSA) is 29.1 Å². The zero-order valence-corrected chi connectivity index (χ0v) is 9.41. The molecule has 0 spiro atoms. The van der Waals surface area contributed by atoms with Gasteiger partial charge in [0.05, 0.1) is 0 Å². The van der Waals surface area contributed by atoms with Crippen LogP contribution < -0.4 is 5.32 Å². The van der Waals surface area contributed by atoms with Crippen LogP contribution >= 0.6 is 11.6 Å². The summed E-state index contributed by atoms with van der Waals surface area (Å²) in [5.74, 6) is 0.344. The van der Waals surface area contributed by atoms with Crippen molar-refractivity contribution >= 4 is 17.9 Å². The first-order chi connectivity index (χ1) is 7.33. The minimum Gasteiger partial charge on any atom is -0.317 e. The van der Waals surface area contributed by atoms with E-state index in [4.69, 9.17) is 11.6 Å². The van der Waals surface area contributed by atoms with Crippen molar-refractivity contribution in [1.82, 2.24) is 5.32 Å². The highest BCUT2D eigenvalue weighted by atomic mass is 35.5. The van der Waals surface area contributed by atoms with Gasteiger partial charge in [-0.05, 0) is 38.1 Å². The van der Waals surface area contributed by atoms with Crippen LogP contribution in [-0.4, -0.2) is 19.4 Å². The van der Waals surface area contributed by atoms with E-state index in [1.54, 1.807) is 0 Å². The Morgan fingerprint density at radius 2 is 1.80 bits per heavy atom. The van der Waals surface area contributed by atoms with Crippen molar-refractivity contribution < 1.29 is 4.79 Å². The van der Waals surface area contributed by atoms with Crippen molar-refractivity contribution in [2.24, 2.45) is 5.92 Å². The maximum atomic E-state index is 10.1. The molecule has 0 radical (unpaired) electrons. The molecule has 1 heterocycles. The summed E-state index contributed by atoms with van der Waals surface area (Å²) < 4.78 is 0. The van der Waals surface area contributed by atoms with E-state index in [-0.39, 0.29) is 0 Å². The molecule has 1 aliphatic rings. The van der Waals surface area contributed by atoms with E-state index >= 15 is 0 Å². The molecule has 1 aliphatic heterocycles. The third-order valence-electron chi connectivity index (χ3n) is 2.31. The number of benzene rings is 1. The van der Waals surface area contributed by atoms with Crippen LogP contribution in [0.15, 0.2) is 30.3 Å². The Labute approximate surface area is 95.6 Å². The van der Waals surface area contributed by atoms with Crippen LogP contribution in [0.1, 0.15) is 12.8 Å². The van der Waals surface area contributed by atoms with Crippen LogP contribution in [0.2, 0.25) is 5.02 Å². The Hall–Kier alpha value is -0.860. The molecule has 0 saturated carbocycles. The molecule has 0 unspecified atom stereocenters. The van der Waals surface area contributed by atoms with Crippen LogP contribution in [0.3, 0.4) is 0 Å². The molecule has 0 amide bonds. The van der Waals surface area contributed by atoms with E-state index in [9.17, 15) is 4.79 Å². The smallest absolute Gasteiger partial charge is 0.123 e. The van der Waals surface area contributed by atoms with E-state index in [2.05, 4.69) is 5.32 Å². The normalized spacial score (nSPS) is 16.3. The largest absolute Gasteiger partial charge is 0.317 e. The van der Waals surface area contributed by atoms with Crippen molar-refractivity contribution in [1.29, 1.82) is 0 Å². The number of hydrogen-bond acceptors (Lipinski definition) is 2. The fourth-order valence-corrected chi connectivity index (χ4v) is 1.54. The van der Waals surface area contributed by atoms with Crippen molar-refractivity contribution in [3.05, 3.63) is 35.4 Å². The van der Waals surface area contributed by atoms with Crippen molar-refractivity contribution in [3.8, 4) is 0 Å². The Bertz CT molecular complexity index is 270. The zero-order chi connectivity index (χ0) is 10.9. The third-order valence-corrected chi connectivity index (χ3v) is 2.56. The highest BCUT2D eigenvalue weighted by Crippen LogP contribution is 2.06. The molecule has 1 aromatic rings. The average Bonchev–Trinajstić information content (AvgIpc) is 2.32. The quantitative estimate of drug-likeness (QED) is 0.745. The van der Waals surface area contributed by atoms with E-state index in [1.165, 1.54) is 0 Å². The van der Waals surface area contributed by atoms with E-state index in [0.29, 0.717) is 5.92 Å². The molecule has 82 valence electrons. The molecule has 2 rings (SSSR count). The van der Waals surface area contributed by atoms with Gasteiger partial charge in [-0.3, -0.25) is 0 Å². The Balaban J connectivity index is 0.000000151. The lowest BCUT2D eigenvalue weighted by molar-refractivity contribution is -0.111. The maximum Gasteiger partial charge on any atom is 0.123 e. The van der Waals surface area contributed by atoms with Crippen LogP contribution in [0.4, 0.5) is 0 Å². The second-order valence-corrected chi connectivity index (χ2v) is 3.96. The van der Waals surface area contributed by atoms with Crippen LogP contribution in [-0.2, 0) is 4.79 Å². The fourth-order valence-electron chi connectivity index (χ4n) is 1.40. The number of hydrogen-bond donors (Lipinski definition) is 1. The van der Waals surface area contributed by atoms with Crippen LogP contribution in [0, 0.1) is 5.92 Å². The molecular formula is C12H16ClNO. The fraction of sp³-hybridized carbons (Fsp3) is 0.417. The molecule has 1 fully saturated rings. The predicted molar refractivity (Wildman–Crippen MR) is 63.1 cm³/mol. The van der Waals surface area contributed by atoms with Crippen LogP contribution in [0.5, 0.6) is 0 Å². The minimum atomic E-state index is 0.344. The first-order valence-corrected chi connectivity index (χ1v) is 5.57. The number of carbonyl (C=O) groups is 1. The van der Waals surface area contributed by atoms with Gasteiger partial charge in [0.2, 0.25) is 0 Å². The number of piperidine rings is 1. The van der Waals surface area contributed by atoms with Gasteiger partial charge in [-0.1, -0.05) is 29.8 Å². The van der Waals surface area contributed by atoms with Gasteiger partial charge in [0.15, 0.2) is 0 Å². The summed E-state index contributed by atoms with van der Waals surface area (Å²) >= 11 is 5.54. The summed E-state index contributed by atoms with van der Waals surface area (Å²) in [5, 5.41) is 3.98. The molecule has 3 heteroatoms. The molecule has 1 saturated heterocycles. The number of rotatable bonds is 1. The van der Waals surface area contributed by atoms with Crippen molar-refractivity contribution in [2.75, 3.05) is 13.1 Å². The Morgan fingerprint density at radius 3 is 2.13 bits per heavy atom. The van der Waals surface area contributed by atoms with E-state index < -0.39 is 0 Å². The average molecular weight is 226 g/mol. The van der Waals surface area contributed by atoms with Crippen molar-refractivity contribution in [3.63, 3.8) is 0 Å². The standard InChI is InChI=1S/C6H5Cl.C6H11NO/c7-6-4-2-1-3-5-6;8-5-6-1-3-7-4-2-6/h1-5H;5-7H,1-4H2. The number of carbonyl (C=O) groups excluding carboxylic acids is 1. The Kier molecular flexibility index (Phi) is 6.05. The molecule has 0 atom stereocenters. The summed E-state index contributed by atoms with van der Waals surface area (Å²) in [5.41, 5.74) is 0. The van der Waals surface area contributed by atoms with Gasteiger partial charge < -0.3 is 10.1 Å². The lowest BCUT2D eigenvalue weighted by atomic mass is 10.0. The SMILES string of the molecule is Clc1ccccc1.O=CC1CCNCC1. The predicted octanol–water partition coefficient (Wildman–Crippen LogP) is 2.52. The molecule has 1 N–H and O–H groups in total. The number of aldehydes is 1. The summed E-state index contributed by atoms with van der Waals surface area (Å²) in [4.78, 5) is 10.1. The lowest BCUT2D eigenvalue weighted by Gasteiger charge is -2.16. The summed E-state index contributed by atoms with van der Waals surface area (Å²) in [6, 6.07) is 9.44. The van der Waals surface area contributed by atoms with Gasteiger partial charge in [-0.25, -0.2) is 0 Å². The molecule has 15 heavy (non-hydrogen) atoms. The Morgan fingerprint density at radius 1 is 1.20 bits per heavy atom. The lowest BCUT2D eigenvalue weighted by Crippen LogP contribution is -2.28. The van der Waals surface area contributed by atoms with Gasteiger partial charge >= 0.3 is 0 Å².